The van der Waals surface area contributed by atoms with Gasteiger partial charge in [0.2, 0.25) is 0 Å². The first-order valence-corrected chi connectivity index (χ1v) is 6.73. The summed E-state index contributed by atoms with van der Waals surface area (Å²) in [7, 11) is 0. The Hall–Kier alpha value is -1.51. The van der Waals surface area contributed by atoms with E-state index >= 15 is 0 Å². The van der Waals surface area contributed by atoms with Crippen molar-refractivity contribution in [1.82, 2.24) is 5.32 Å². The Labute approximate surface area is 108 Å². The SMILES string of the molecule is CC1CCC(CNC(=O)c2ccccc2O)CC1. The summed E-state index contributed by atoms with van der Waals surface area (Å²) in [5, 5.41) is 12.5. The lowest BCUT2D eigenvalue weighted by atomic mass is 9.83. The van der Waals surface area contributed by atoms with Crippen LogP contribution in [0.5, 0.6) is 5.75 Å². The number of hydrogen-bond donors (Lipinski definition) is 2. The first-order valence-electron chi connectivity index (χ1n) is 6.73. The Kier molecular flexibility index (Phi) is 4.24. The van der Waals surface area contributed by atoms with Crippen LogP contribution in [0.25, 0.3) is 0 Å². The predicted molar refractivity (Wildman–Crippen MR) is 71.6 cm³/mol. The van der Waals surface area contributed by atoms with Crippen molar-refractivity contribution in [3.05, 3.63) is 29.8 Å². The summed E-state index contributed by atoms with van der Waals surface area (Å²) >= 11 is 0. The number of benzene rings is 1. The molecule has 98 valence electrons. The van der Waals surface area contributed by atoms with Gasteiger partial charge in [0.1, 0.15) is 5.75 Å². The van der Waals surface area contributed by atoms with Gasteiger partial charge in [0.15, 0.2) is 0 Å². The second-order valence-electron chi connectivity index (χ2n) is 5.35. The Balaban J connectivity index is 1.84. The van der Waals surface area contributed by atoms with Crippen molar-refractivity contribution in [2.24, 2.45) is 11.8 Å². The number of phenolic OH excluding ortho intramolecular Hbond substituents is 1. The lowest BCUT2D eigenvalue weighted by molar-refractivity contribution is 0.0939. The highest BCUT2D eigenvalue weighted by atomic mass is 16.3. The van der Waals surface area contributed by atoms with E-state index in [1.807, 2.05) is 0 Å². The van der Waals surface area contributed by atoms with Crippen molar-refractivity contribution in [2.45, 2.75) is 32.6 Å². The zero-order valence-corrected chi connectivity index (χ0v) is 10.9. The van der Waals surface area contributed by atoms with Gasteiger partial charge in [-0.1, -0.05) is 31.9 Å². The maximum atomic E-state index is 11.9. The van der Waals surface area contributed by atoms with Gasteiger partial charge in [-0.05, 0) is 36.8 Å². The van der Waals surface area contributed by atoms with Crippen LogP contribution < -0.4 is 5.32 Å². The molecule has 2 N–H and O–H groups in total. The Morgan fingerprint density at radius 2 is 1.94 bits per heavy atom. The minimum Gasteiger partial charge on any atom is -0.507 e. The third kappa shape index (κ3) is 3.25. The Morgan fingerprint density at radius 1 is 1.28 bits per heavy atom. The van der Waals surface area contributed by atoms with E-state index in [0.717, 1.165) is 12.5 Å². The van der Waals surface area contributed by atoms with Gasteiger partial charge in [0.25, 0.3) is 5.91 Å². The highest BCUT2D eigenvalue weighted by molar-refractivity contribution is 5.96. The number of hydrogen-bond acceptors (Lipinski definition) is 2. The predicted octanol–water partition coefficient (Wildman–Crippen LogP) is 2.95. The van der Waals surface area contributed by atoms with Gasteiger partial charge in [-0.15, -0.1) is 0 Å². The van der Waals surface area contributed by atoms with Crippen molar-refractivity contribution in [1.29, 1.82) is 0 Å². The van der Waals surface area contributed by atoms with Crippen LogP contribution in [-0.2, 0) is 0 Å². The molecule has 0 spiro atoms. The first-order chi connectivity index (χ1) is 8.66. The molecule has 1 aliphatic rings. The van der Waals surface area contributed by atoms with E-state index in [-0.39, 0.29) is 11.7 Å². The molecule has 0 aliphatic heterocycles. The molecule has 0 radical (unpaired) electrons. The number of rotatable bonds is 3. The number of amides is 1. The molecule has 18 heavy (non-hydrogen) atoms. The molecule has 3 nitrogen and oxygen atoms in total. The molecule has 0 atom stereocenters. The zero-order valence-electron chi connectivity index (χ0n) is 10.9. The molecule has 1 saturated carbocycles. The van der Waals surface area contributed by atoms with E-state index in [9.17, 15) is 9.90 Å². The molecule has 1 fully saturated rings. The molecule has 1 aromatic carbocycles. The van der Waals surface area contributed by atoms with Gasteiger partial charge in [0.05, 0.1) is 5.56 Å². The van der Waals surface area contributed by atoms with Crippen molar-refractivity contribution in [2.75, 3.05) is 6.54 Å². The van der Waals surface area contributed by atoms with Crippen molar-refractivity contribution < 1.29 is 9.90 Å². The molecule has 0 aromatic heterocycles. The second kappa shape index (κ2) is 5.89. The topological polar surface area (TPSA) is 49.3 Å². The van der Waals surface area contributed by atoms with E-state index in [4.69, 9.17) is 0 Å². The molecular formula is C15H21NO2. The monoisotopic (exact) mass is 247 g/mol. The third-order valence-electron chi connectivity index (χ3n) is 3.84. The van der Waals surface area contributed by atoms with E-state index in [0.29, 0.717) is 11.5 Å². The number of para-hydroxylation sites is 1. The van der Waals surface area contributed by atoms with Gasteiger partial charge in [-0.2, -0.15) is 0 Å². The smallest absolute Gasteiger partial charge is 0.255 e. The molecule has 1 aliphatic carbocycles. The normalized spacial score (nSPS) is 23.6. The number of nitrogens with one attached hydrogen (secondary N) is 1. The van der Waals surface area contributed by atoms with Crippen molar-refractivity contribution in [3.63, 3.8) is 0 Å². The molecular weight excluding hydrogens is 226 g/mol. The summed E-state index contributed by atoms with van der Waals surface area (Å²) in [6.07, 6.45) is 4.92. The molecule has 1 amide bonds. The van der Waals surface area contributed by atoms with Gasteiger partial charge in [0, 0.05) is 6.54 Å². The van der Waals surface area contributed by atoms with Crippen LogP contribution in [0.4, 0.5) is 0 Å². The van der Waals surface area contributed by atoms with Gasteiger partial charge in [-0.25, -0.2) is 0 Å². The molecule has 1 aromatic rings. The average molecular weight is 247 g/mol. The number of phenols is 1. The van der Waals surface area contributed by atoms with Crippen LogP contribution in [-0.4, -0.2) is 17.6 Å². The zero-order chi connectivity index (χ0) is 13.0. The summed E-state index contributed by atoms with van der Waals surface area (Å²) < 4.78 is 0. The molecule has 3 heteroatoms. The van der Waals surface area contributed by atoms with Crippen LogP contribution in [0.1, 0.15) is 43.0 Å². The van der Waals surface area contributed by atoms with Gasteiger partial charge in [-0.3, -0.25) is 4.79 Å². The highest BCUT2D eigenvalue weighted by Gasteiger charge is 2.19. The van der Waals surface area contributed by atoms with Crippen LogP contribution in [0.3, 0.4) is 0 Å². The summed E-state index contributed by atoms with van der Waals surface area (Å²) in [5.41, 5.74) is 0.363. The minimum atomic E-state index is -0.174. The average Bonchev–Trinajstić information content (AvgIpc) is 2.38. The number of carbonyl (C=O) groups is 1. The van der Waals surface area contributed by atoms with Crippen molar-refractivity contribution in [3.8, 4) is 5.75 Å². The van der Waals surface area contributed by atoms with E-state index in [1.54, 1.807) is 18.2 Å². The fraction of sp³-hybridized carbons (Fsp3) is 0.533. The van der Waals surface area contributed by atoms with Gasteiger partial charge >= 0.3 is 0 Å². The Bertz CT molecular complexity index is 409. The highest BCUT2D eigenvalue weighted by Crippen LogP contribution is 2.27. The maximum absolute atomic E-state index is 11.9. The summed E-state index contributed by atoms with van der Waals surface area (Å²) in [4.78, 5) is 11.9. The summed E-state index contributed by atoms with van der Waals surface area (Å²) in [5.74, 6) is 1.30. The third-order valence-corrected chi connectivity index (χ3v) is 3.84. The largest absolute Gasteiger partial charge is 0.507 e. The van der Waals surface area contributed by atoms with Crippen molar-refractivity contribution >= 4 is 5.91 Å². The number of carbonyl (C=O) groups excluding carboxylic acids is 1. The fourth-order valence-electron chi connectivity index (χ4n) is 2.53. The lowest BCUT2D eigenvalue weighted by Gasteiger charge is -2.26. The molecule has 0 bridgehead atoms. The standard InChI is InChI=1S/C15H21NO2/c1-11-6-8-12(9-7-11)10-16-15(18)13-4-2-3-5-14(13)17/h2-5,11-12,17H,6-10H2,1H3,(H,16,18). The molecule has 0 heterocycles. The van der Waals surface area contributed by atoms with Crippen LogP contribution >= 0.6 is 0 Å². The number of aromatic hydroxyl groups is 1. The lowest BCUT2D eigenvalue weighted by Crippen LogP contribution is -2.31. The van der Waals surface area contributed by atoms with E-state index < -0.39 is 0 Å². The van der Waals surface area contributed by atoms with Crippen LogP contribution in [0.15, 0.2) is 24.3 Å². The Morgan fingerprint density at radius 3 is 2.61 bits per heavy atom. The quantitative estimate of drug-likeness (QED) is 0.862. The fourth-order valence-corrected chi connectivity index (χ4v) is 2.53. The summed E-state index contributed by atoms with van der Waals surface area (Å²) in [6, 6.07) is 6.66. The first kappa shape index (κ1) is 12.9. The summed E-state index contributed by atoms with van der Waals surface area (Å²) in [6.45, 7) is 3.01. The minimum absolute atomic E-state index is 0.0484. The van der Waals surface area contributed by atoms with E-state index in [1.165, 1.54) is 31.7 Å². The van der Waals surface area contributed by atoms with Crippen LogP contribution in [0.2, 0.25) is 0 Å². The molecule has 2 rings (SSSR count). The molecule has 0 saturated heterocycles. The van der Waals surface area contributed by atoms with E-state index in [2.05, 4.69) is 12.2 Å². The van der Waals surface area contributed by atoms with Gasteiger partial charge < -0.3 is 10.4 Å². The maximum Gasteiger partial charge on any atom is 0.255 e. The molecule has 0 unspecified atom stereocenters. The van der Waals surface area contributed by atoms with Crippen LogP contribution in [0, 0.1) is 11.8 Å². The second-order valence-corrected chi connectivity index (χ2v) is 5.35.